The molecule has 0 bridgehead atoms. The zero-order valence-electron chi connectivity index (χ0n) is 10.8. The summed E-state index contributed by atoms with van der Waals surface area (Å²) in [6.45, 7) is 0. The summed E-state index contributed by atoms with van der Waals surface area (Å²) in [5.41, 5.74) is -0.263. The van der Waals surface area contributed by atoms with Gasteiger partial charge in [0.15, 0.2) is 0 Å². The minimum Gasteiger partial charge on any atom is -0.496 e. The first-order valence-corrected chi connectivity index (χ1v) is 7.31. The largest absolute Gasteiger partial charge is 0.496 e. The van der Waals surface area contributed by atoms with Crippen LogP contribution >= 0.6 is 11.8 Å². The Morgan fingerprint density at radius 3 is 2.74 bits per heavy atom. The molecule has 1 aromatic rings. The quantitative estimate of drug-likeness (QED) is 0.919. The third-order valence-corrected chi connectivity index (χ3v) is 4.25. The van der Waals surface area contributed by atoms with Gasteiger partial charge in [-0.05, 0) is 36.5 Å². The second-order valence-corrected chi connectivity index (χ2v) is 5.69. The number of carbonyl (C=O) groups is 1. The van der Waals surface area contributed by atoms with E-state index in [-0.39, 0.29) is 5.91 Å². The van der Waals surface area contributed by atoms with Crippen LogP contribution < -0.4 is 10.1 Å². The van der Waals surface area contributed by atoms with E-state index in [1.807, 2.05) is 17.8 Å². The average Bonchev–Trinajstić information content (AvgIpc) is 2.48. The minimum absolute atomic E-state index is 0.245. The first-order valence-electron chi connectivity index (χ1n) is 6.15. The molecule has 4 nitrogen and oxygen atoms in total. The second kappa shape index (κ2) is 5.98. The molecule has 19 heavy (non-hydrogen) atoms. The fraction of sp³-hybridized carbons (Fsp3) is 0.429. The first kappa shape index (κ1) is 13.8. The first-order chi connectivity index (χ1) is 9.21. The number of hydrogen-bond donors (Lipinski definition) is 1. The molecule has 0 radical (unpaired) electrons. The zero-order valence-corrected chi connectivity index (χ0v) is 11.6. The maximum atomic E-state index is 12.3. The Bertz CT molecular complexity index is 504. The molecular weight excluding hydrogens is 260 g/mol. The number of amides is 1. The summed E-state index contributed by atoms with van der Waals surface area (Å²) in [5, 5.41) is 12.2. The molecule has 0 spiro atoms. The van der Waals surface area contributed by atoms with Gasteiger partial charge in [0.05, 0.1) is 18.7 Å². The number of ether oxygens (including phenoxy) is 1. The van der Waals surface area contributed by atoms with Gasteiger partial charge in [0.25, 0.3) is 5.91 Å². The van der Waals surface area contributed by atoms with Crippen LogP contribution in [0.2, 0.25) is 0 Å². The predicted molar refractivity (Wildman–Crippen MR) is 75.4 cm³/mol. The van der Waals surface area contributed by atoms with Gasteiger partial charge < -0.3 is 10.1 Å². The van der Waals surface area contributed by atoms with Crippen molar-refractivity contribution in [3.05, 3.63) is 29.8 Å². The van der Waals surface area contributed by atoms with Gasteiger partial charge in [-0.25, -0.2) is 0 Å². The van der Waals surface area contributed by atoms with Gasteiger partial charge in [-0.3, -0.25) is 4.79 Å². The van der Waals surface area contributed by atoms with Gasteiger partial charge in [-0.15, -0.1) is 0 Å². The van der Waals surface area contributed by atoms with Gasteiger partial charge in [0, 0.05) is 0 Å². The van der Waals surface area contributed by atoms with Crippen LogP contribution in [0.25, 0.3) is 0 Å². The van der Waals surface area contributed by atoms with Crippen molar-refractivity contribution in [3.63, 3.8) is 0 Å². The van der Waals surface area contributed by atoms with Crippen molar-refractivity contribution in [2.75, 3.05) is 18.6 Å². The Morgan fingerprint density at radius 1 is 1.42 bits per heavy atom. The molecule has 1 N–H and O–H groups in total. The summed E-state index contributed by atoms with van der Waals surface area (Å²) >= 11 is 1.82. The SMILES string of the molecule is COc1ccccc1C(=O)NC1(C#N)CCSCC1. The highest BCUT2D eigenvalue weighted by molar-refractivity contribution is 7.99. The van der Waals surface area contributed by atoms with E-state index in [4.69, 9.17) is 4.74 Å². The third-order valence-electron chi connectivity index (χ3n) is 3.26. The van der Waals surface area contributed by atoms with Crippen molar-refractivity contribution in [3.8, 4) is 11.8 Å². The van der Waals surface area contributed by atoms with Crippen LogP contribution in [0.3, 0.4) is 0 Å². The fourth-order valence-electron chi connectivity index (χ4n) is 2.10. The highest BCUT2D eigenvalue weighted by Gasteiger charge is 2.34. The maximum Gasteiger partial charge on any atom is 0.256 e. The molecule has 1 aliphatic heterocycles. The minimum atomic E-state index is -0.733. The number of benzene rings is 1. The van der Waals surface area contributed by atoms with Crippen molar-refractivity contribution in [1.29, 1.82) is 5.26 Å². The number of rotatable bonds is 3. The molecular formula is C14H16N2O2S. The number of nitrogens with one attached hydrogen (secondary N) is 1. The summed E-state index contributed by atoms with van der Waals surface area (Å²) in [5.74, 6) is 2.09. The van der Waals surface area contributed by atoms with Crippen LogP contribution in [0.5, 0.6) is 5.75 Å². The Labute approximate surface area is 117 Å². The lowest BCUT2D eigenvalue weighted by Gasteiger charge is -2.31. The highest BCUT2D eigenvalue weighted by Crippen LogP contribution is 2.27. The monoisotopic (exact) mass is 276 g/mol. The molecule has 0 aromatic heterocycles. The van der Waals surface area contributed by atoms with E-state index in [1.54, 1.807) is 18.2 Å². The molecule has 1 amide bonds. The van der Waals surface area contributed by atoms with Crippen molar-refractivity contribution < 1.29 is 9.53 Å². The fourth-order valence-corrected chi connectivity index (χ4v) is 3.29. The van der Waals surface area contributed by atoms with Gasteiger partial charge in [0.1, 0.15) is 11.3 Å². The summed E-state index contributed by atoms with van der Waals surface area (Å²) < 4.78 is 5.17. The third kappa shape index (κ3) is 3.02. The maximum absolute atomic E-state index is 12.3. The molecule has 1 saturated heterocycles. The smallest absolute Gasteiger partial charge is 0.256 e. The number of carbonyl (C=O) groups excluding carboxylic acids is 1. The summed E-state index contributed by atoms with van der Waals surface area (Å²) in [4.78, 5) is 12.3. The molecule has 1 fully saturated rings. The zero-order chi connectivity index (χ0) is 13.7. The Kier molecular flexibility index (Phi) is 4.33. The van der Waals surface area contributed by atoms with Crippen LogP contribution in [-0.2, 0) is 0 Å². The Morgan fingerprint density at radius 2 is 2.11 bits per heavy atom. The van der Waals surface area contributed by atoms with E-state index in [2.05, 4.69) is 11.4 Å². The molecule has 0 unspecified atom stereocenters. The number of para-hydroxylation sites is 1. The Hall–Kier alpha value is -1.67. The standard InChI is InChI=1S/C14H16N2O2S/c1-18-12-5-3-2-4-11(12)13(17)16-14(10-15)6-8-19-9-7-14/h2-5H,6-9H2,1H3,(H,16,17). The van der Waals surface area contributed by atoms with Crippen molar-refractivity contribution in [2.24, 2.45) is 0 Å². The normalized spacial score (nSPS) is 17.3. The van der Waals surface area contributed by atoms with Gasteiger partial charge in [-0.1, -0.05) is 12.1 Å². The number of thioether (sulfide) groups is 1. The van der Waals surface area contributed by atoms with Crippen molar-refractivity contribution in [1.82, 2.24) is 5.32 Å². The van der Waals surface area contributed by atoms with Crippen LogP contribution in [0, 0.1) is 11.3 Å². The van der Waals surface area contributed by atoms with Crippen LogP contribution in [0.1, 0.15) is 23.2 Å². The molecule has 5 heteroatoms. The molecule has 100 valence electrons. The molecule has 1 heterocycles. The predicted octanol–water partition coefficient (Wildman–Crippen LogP) is 2.21. The van der Waals surface area contributed by atoms with E-state index in [0.29, 0.717) is 24.2 Å². The number of nitriles is 1. The molecule has 2 rings (SSSR count). The second-order valence-electron chi connectivity index (χ2n) is 4.46. The van der Waals surface area contributed by atoms with Crippen LogP contribution in [0.4, 0.5) is 0 Å². The summed E-state index contributed by atoms with van der Waals surface area (Å²) in [7, 11) is 1.53. The van der Waals surface area contributed by atoms with Gasteiger partial charge in [0.2, 0.25) is 0 Å². The van der Waals surface area contributed by atoms with E-state index in [9.17, 15) is 10.1 Å². The Balaban J connectivity index is 2.18. The lowest BCUT2D eigenvalue weighted by Crippen LogP contribution is -2.49. The van der Waals surface area contributed by atoms with E-state index in [0.717, 1.165) is 11.5 Å². The number of nitrogens with zero attached hydrogens (tertiary/aromatic N) is 1. The van der Waals surface area contributed by atoms with Crippen molar-refractivity contribution in [2.45, 2.75) is 18.4 Å². The number of methoxy groups -OCH3 is 1. The van der Waals surface area contributed by atoms with Gasteiger partial charge in [-0.2, -0.15) is 17.0 Å². The van der Waals surface area contributed by atoms with E-state index in [1.165, 1.54) is 7.11 Å². The average molecular weight is 276 g/mol. The molecule has 1 aromatic carbocycles. The highest BCUT2D eigenvalue weighted by atomic mass is 32.2. The molecule has 0 saturated carbocycles. The lowest BCUT2D eigenvalue weighted by molar-refractivity contribution is 0.0912. The molecule has 0 atom stereocenters. The van der Waals surface area contributed by atoms with Crippen LogP contribution in [0.15, 0.2) is 24.3 Å². The van der Waals surface area contributed by atoms with Crippen LogP contribution in [-0.4, -0.2) is 30.1 Å². The van der Waals surface area contributed by atoms with Gasteiger partial charge >= 0.3 is 0 Å². The lowest BCUT2D eigenvalue weighted by atomic mass is 9.93. The van der Waals surface area contributed by atoms with E-state index >= 15 is 0 Å². The van der Waals surface area contributed by atoms with E-state index < -0.39 is 5.54 Å². The molecule has 0 aliphatic carbocycles. The summed E-state index contributed by atoms with van der Waals surface area (Å²) in [6, 6.07) is 9.31. The van der Waals surface area contributed by atoms with Crippen molar-refractivity contribution >= 4 is 17.7 Å². The molecule has 1 aliphatic rings. The number of hydrogen-bond acceptors (Lipinski definition) is 4. The topological polar surface area (TPSA) is 62.1 Å². The summed E-state index contributed by atoms with van der Waals surface area (Å²) in [6.07, 6.45) is 1.38.